The van der Waals surface area contributed by atoms with Gasteiger partial charge < -0.3 is 10.6 Å². The van der Waals surface area contributed by atoms with E-state index in [1.807, 2.05) is 26.1 Å². The highest BCUT2D eigenvalue weighted by Crippen LogP contribution is 2.18. The number of nitrogens with zero attached hydrogens (tertiary/aromatic N) is 1. The number of hydrogen-bond acceptors (Lipinski definition) is 2. The van der Waals surface area contributed by atoms with E-state index in [2.05, 4.69) is 11.0 Å². The number of aryl methyl sites for hydroxylation is 1. The van der Waals surface area contributed by atoms with Crippen LogP contribution in [0.5, 0.6) is 0 Å². The van der Waals surface area contributed by atoms with Crippen LogP contribution in [0.3, 0.4) is 0 Å². The van der Waals surface area contributed by atoms with Gasteiger partial charge in [0.05, 0.1) is 5.84 Å². The van der Waals surface area contributed by atoms with Gasteiger partial charge in [0.15, 0.2) is 0 Å². The van der Waals surface area contributed by atoms with Gasteiger partial charge in [0.25, 0.3) is 0 Å². The maximum Gasteiger partial charge on any atom is 0.0918 e. The second kappa shape index (κ2) is 5.87. The van der Waals surface area contributed by atoms with E-state index < -0.39 is 0 Å². The minimum atomic E-state index is 0.224. The Morgan fingerprint density at radius 3 is 2.75 bits per heavy atom. The number of benzene rings is 1. The molecule has 0 radical (unpaired) electrons. The molecule has 16 heavy (non-hydrogen) atoms. The molecule has 0 aliphatic rings. The van der Waals surface area contributed by atoms with Crippen molar-refractivity contribution in [1.82, 2.24) is 4.90 Å². The average molecular weight is 240 g/mol. The molecular weight excluding hydrogens is 222 g/mol. The fourth-order valence-corrected chi connectivity index (χ4v) is 1.76. The summed E-state index contributed by atoms with van der Waals surface area (Å²) in [6, 6.07) is 6.07. The maximum atomic E-state index is 7.16. The summed E-state index contributed by atoms with van der Waals surface area (Å²) in [5.74, 6) is 0.224. The highest BCUT2D eigenvalue weighted by Gasteiger charge is 2.04. The van der Waals surface area contributed by atoms with Crippen LogP contribution in [0.1, 0.15) is 17.5 Å². The zero-order valence-electron chi connectivity index (χ0n) is 9.76. The average Bonchev–Trinajstić information content (AvgIpc) is 2.19. The van der Waals surface area contributed by atoms with Crippen LogP contribution in [0.25, 0.3) is 0 Å². The first-order valence-corrected chi connectivity index (χ1v) is 5.63. The zero-order chi connectivity index (χ0) is 12.1. The van der Waals surface area contributed by atoms with Gasteiger partial charge in [0, 0.05) is 24.5 Å². The largest absolute Gasteiger partial charge is 0.388 e. The highest BCUT2D eigenvalue weighted by molar-refractivity contribution is 6.31. The molecule has 1 rings (SSSR count). The van der Waals surface area contributed by atoms with Crippen LogP contribution in [0, 0.1) is 12.3 Å². The Morgan fingerprint density at radius 2 is 2.19 bits per heavy atom. The Hall–Kier alpha value is -1.06. The van der Waals surface area contributed by atoms with Crippen LogP contribution in [0.4, 0.5) is 0 Å². The maximum absolute atomic E-state index is 7.16. The van der Waals surface area contributed by atoms with Gasteiger partial charge in [-0.15, -0.1) is 0 Å². The molecule has 0 saturated carbocycles. The van der Waals surface area contributed by atoms with E-state index >= 15 is 0 Å². The number of nitrogens with two attached hydrogens (primary N) is 1. The first kappa shape index (κ1) is 13.0. The number of nitrogens with one attached hydrogen (secondary N) is 1. The van der Waals surface area contributed by atoms with Crippen molar-refractivity contribution in [3.05, 3.63) is 34.3 Å². The van der Waals surface area contributed by atoms with E-state index in [0.29, 0.717) is 6.42 Å². The first-order chi connectivity index (χ1) is 7.49. The molecule has 88 valence electrons. The predicted molar refractivity (Wildman–Crippen MR) is 69.1 cm³/mol. The number of halogens is 1. The third-order valence-electron chi connectivity index (χ3n) is 2.41. The Bertz CT molecular complexity index is 377. The number of amidine groups is 1. The summed E-state index contributed by atoms with van der Waals surface area (Å²) in [5.41, 5.74) is 7.59. The minimum absolute atomic E-state index is 0.224. The van der Waals surface area contributed by atoms with E-state index in [9.17, 15) is 0 Å². The molecule has 1 aromatic rings. The molecule has 0 heterocycles. The van der Waals surface area contributed by atoms with E-state index in [1.54, 1.807) is 0 Å². The summed E-state index contributed by atoms with van der Waals surface area (Å²) < 4.78 is 0. The van der Waals surface area contributed by atoms with Crippen LogP contribution in [-0.2, 0) is 6.54 Å². The standard InChI is InChI=1S/C12H18ClN3/c1-9-3-4-10(11(13)7-9)8-16(2)6-5-12(14)15/h3-4,7H,5-6,8H2,1-2H3,(H3,14,15). The van der Waals surface area contributed by atoms with Crippen LogP contribution in [0.2, 0.25) is 5.02 Å². The van der Waals surface area contributed by atoms with Crippen molar-refractivity contribution in [2.24, 2.45) is 5.73 Å². The molecule has 0 saturated heterocycles. The van der Waals surface area contributed by atoms with Crippen LogP contribution < -0.4 is 5.73 Å². The van der Waals surface area contributed by atoms with Gasteiger partial charge in [-0.05, 0) is 31.2 Å². The van der Waals surface area contributed by atoms with E-state index in [1.165, 1.54) is 5.56 Å². The zero-order valence-corrected chi connectivity index (χ0v) is 10.5. The monoisotopic (exact) mass is 239 g/mol. The third-order valence-corrected chi connectivity index (χ3v) is 2.76. The molecule has 0 amide bonds. The molecule has 0 aliphatic carbocycles. The quantitative estimate of drug-likeness (QED) is 0.613. The molecule has 0 unspecified atom stereocenters. The SMILES string of the molecule is Cc1ccc(CN(C)CCC(=N)N)c(Cl)c1. The van der Waals surface area contributed by atoms with Gasteiger partial charge in [0.1, 0.15) is 0 Å². The van der Waals surface area contributed by atoms with Crippen LogP contribution in [-0.4, -0.2) is 24.3 Å². The molecule has 4 heteroatoms. The Morgan fingerprint density at radius 1 is 1.50 bits per heavy atom. The molecule has 0 aromatic heterocycles. The lowest BCUT2D eigenvalue weighted by molar-refractivity contribution is 0.336. The van der Waals surface area contributed by atoms with Gasteiger partial charge in [-0.2, -0.15) is 0 Å². The van der Waals surface area contributed by atoms with Crippen molar-refractivity contribution in [1.29, 1.82) is 5.41 Å². The number of rotatable bonds is 5. The second-order valence-corrected chi connectivity index (χ2v) is 4.52. The summed E-state index contributed by atoms with van der Waals surface area (Å²) in [7, 11) is 2.00. The topological polar surface area (TPSA) is 53.1 Å². The second-order valence-electron chi connectivity index (χ2n) is 4.11. The normalized spacial score (nSPS) is 10.8. The van der Waals surface area contributed by atoms with E-state index in [-0.39, 0.29) is 5.84 Å². The van der Waals surface area contributed by atoms with Gasteiger partial charge in [0.2, 0.25) is 0 Å². The fourth-order valence-electron chi connectivity index (χ4n) is 1.46. The molecule has 0 fully saturated rings. The van der Waals surface area contributed by atoms with Crippen molar-refractivity contribution in [2.75, 3.05) is 13.6 Å². The van der Waals surface area contributed by atoms with Gasteiger partial charge in [-0.3, -0.25) is 5.41 Å². The van der Waals surface area contributed by atoms with E-state index in [0.717, 1.165) is 23.7 Å². The molecule has 3 nitrogen and oxygen atoms in total. The van der Waals surface area contributed by atoms with Crippen molar-refractivity contribution in [3.63, 3.8) is 0 Å². The van der Waals surface area contributed by atoms with Crippen LogP contribution in [0.15, 0.2) is 18.2 Å². The smallest absolute Gasteiger partial charge is 0.0918 e. The molecule has 0 bridgehead atoms. The minimum Gasteiger partial charge on any atom is -0.388 e. The summed E-state index contributed by atoms with van der Waals surface area (Å²) in [4.78, 5) is 2.11. The lowest BCUT2D eigenvalue weighted by atomic mass is 10.1. The first-order valence-electron chi connectivity index (χ1n) is 5.25. The molecular formula is C12H18ClN3. The molecule has 0 spiro atoms. The molecule has 3 N–H and O–H groups in total. The summed E-state index contributed by atoms with van der Waals surface area (Å²) >= 11 is 6.14. The Balaban J connectivity index is 2.55. The summed E-state index contributed by atoms with van der Waals surface area (Å²) in [6.45, 7) is 3.58. The highest BCUT2D eigenvalue weighted by atomic mass is 35.5. The lowest BCUT2D eigenvalue weighted by Gasteiger charge is -2.17. The number of hydrogen-bond donors (Lipinski definition) is 2. The lowest BCUT2D eigenvalue weighted by Crippen LogP contribution is -2.24. The Kier molecular flexibility index (Phi) is 4.77. The van der Waals surface area contributed by atoms with Gasteiger partial charge >= 0.3 is 0 Å². The van der Waals surface area contributed by atoms with Gasteiger partial charge in [-0.1, -0.05) is 23.7 Å². The van der Waals surface area contributed by atoms with E-state index in [4.69, 9.17) is 22.7 Å². The predicted octanol–water partition coefficient (Wildman–Crippen LogP) is 2.41. The Labute approximate surface area is 102 Å². The molecule has 0 aliphatic heterocycles. The van der Waals surface area contributed by atoms with Gasteiger partial charge in [-0.25, -0.2) is 0 Å². The third kappa shape index (κ3) is 4.21. The van der Waals surface area contributed by atoms with Crippen molar-refractivity contribution in [3.8, 4) is 0 Å². The van der Waals surface area contributed by atoms with Crippen molar-refractivity contribution < 1.29 is 0 Å². The fraction of sp³-hybridized carbons (Fsp3) is 0.417. The summed E-state index contributed by atoms with van der Waals surface area (Å²) in [6.07, 6.45) is 0.597. The van der Waals surface area contributed by atoms with Crippen molar-refractivity contribution >= 4 is 17.4 Å². The molecule has 0 atom stereocenters. The molecule has 1 aromatic carbocycles. The summed E-state index contributed by atoms with van der Waals surface area (Å²) in [5, 5.41) is 7.96. The van der Waals surface area contributed by atoms with Crippen LogP contribution >= 0.6 is 11.6 Å². The van der Waals surface area contributed by atoms with Crippen molar-refractivity contribution in [2.45, 2.75) is 19.9 Å².